The summed E-state index contributed by atoms with van der Waals surface area (Å²) >= 11 is 1.64. The Kier molecular flexibility index (Phi) is 5.80. The van der Waals surface area contributed by atoms with Crippen molar-refractivity contribution in [2.75, 3.05) is 19.6 Å². The second-order valence-corrected chi connectivity index (χ2v) is 4.95. The molecule has 0 spiro atoms. The number of thiophene rings is 1. The molecule has 90 valence electrons. The summed E-state index contributed by atoms with van der Waals surface area (Å²) < 4.78 is 0. The molecule has 1 amide bonds. The highest BCUT2D eigenvalue weighted by Gasteiger charge is 2.15. The summed E-state index contributed by atoms with van der Waals surface area (Å²) in [6.07, 6.45) is 1.71. The number of nitrogens with one attached hydrogen (secondary N) is 2. The van der Waals surface area contributed by atoms with Crippen molar-refractivity contribution < 1.29 is 4.79 Å². The summed E-state index contributed by atoms with van der Waals surface area (Å²) in [7, 11) is 0. The van der Waals surface area contributed by atoms with Gasteiger partial charge in [-0.1, -0.05) is 6.07 Å². The van der Waals surface area contributed by atoms with Crippen LogP contribution in [0, 0.1) is 5.92 Å². The van der Waals surface area contributed by atoms with E-state index in [4.69, 9.17) is 0 Å². The van der Waals surface area contributed by atoms with Gasteiger partial charge in [0.25, 0.3) is 0 Å². The molecule has 0 saturated carbocycles. The monoisotopic (exact) mass is 260 g/mol. The predicted octanol–water partition coefficient (Wildman–Crippen LogP) is 1.44. The topological polar surface area (TPSA) is 41.1 Å². The van der Waals surface area contributed by atoms with Crippen molar-refractivity contribution in [3.8, 4) is 0 Å². The van der Waals surface area contributed by atoms with Crippen LogP contribution in [-0.4, -0.2) is 25.5 Å². The zero-order valence-electron chi connectivity index (χ0n) is 9.07. The Hall–Kier alpha value is -0.580. The quantitative estimate of drug-likeness (QED) is 0.860. The molecule has 2 heterocycles. The molecular weight excluding hydrogens is 244 g/mol. The Bertz CT molecular complexity index is 310. The van der Waals surface area contributed by atoms with Crippen molar-refractivity contribution >= 4 is 29.7 Å². The molecule has 0 aromatic carbocycles. The maximum atomic E-state index is 11.5. The molecule has 1 unspecified atom stereocenters. The van der Waals surface area contributed by atoms with Gasteiger partial charge in [-0.2, -0.15) is 0 Å². The van der Waals surface area contributed by atoms with Crippen LogP contribution >= 0.6 is 23.7 Å². The van der Waals surface area contributed by atoms with E-state index >= 15 is 0 Å². The van der Waals surface area contributed by atoms with E-state index in [1.54, 1.807) is 11.3 Å². The molecule has 1 aromatic rings. The van der Waals surface area contributed by atoms with E-state index in [0.29, 0.717) is 12.3 Å². The molecule has 1 aliphatic heterocycles. The smallest absolute Gasteiger partial charge is 0.225 e. The second kappa shape index (κ2) is 6.89. The van der Waals surface area contributed by atoms with Gasteiger partial charge in [0.05, 0.1) is 6.42 Å². The Balaban J connectivity index is 0.00000128. The average Bonchev–Trinajstić information content (AvgIpc) is 2.86. The minimum absolute atomic E-state index is 0. The van der Waals surface area contributed by atoms with Gasteiger partial charge in [-0.3, -0.25) is 4.79 Å². The van der Waals surface area contributed by atoms with Crippen LogP contribution in [0.4, 0.5) is 0 Å². The standard InChI is InChI=1S/C11H16N2OS.ClH/c14-11(6-10-2-1-5-15-10)13-8-9-3-4-12-7-9;/h1-2,5,9,12H,3-4,6-8H2,(H,13,14);1H. The molecule has 1 aliphatic rings. The number of hydrogen-bond acceptors (Lipinski definition) is 3. The third-order valence-corrected chi connectivity index (χ3v) is 3.54. The van der Waals surface area contributed by atoms with Crippen molar-refractivity contribution in [2.45, 2.75) is 12.8 Å². The maximum Gasteiger partial charge on any atom is 0.225 e. The molecule has 1 saturated heterocycles. The van der Waals surface area contributed by atoms with Gasteiger partial charge in [-0.25, -0.2) is 0 Å². The van der Waals surface area contributed by atoms with E-state index in [2.05, 4.69) is 10.6 Å². The first-order chi connectivity index (χ1) is 7.34. The molecule has 1 atom stereocenters. The normalized spacial score (nSPS) is 19.1. The van der Waals surface area contributed by atoms with Crippen LogP contribution in [0.5, 0.6) is 0 Å². The first-order valence-corrected chi connectivity index (χ1v) is 6.22. The molecule has 2 N–H and O–H groups in total. The Morgan fingerprint density at radius 3 is 3.12 bits per heavy atom. The van der Waals surface area contributed by atoms with Gasteiger partial charge in [0.1, 0.15) is 0 Å². The lowest BCUT2D eigenvalue weighted by Crippen LogP contribution is -2.31. The molecule has 16 heavy (non-hydrogen) atoms. The molecular formula is C11H17ClN2OS. The lowest BCUT2D eigenvalue weighted by Gasteiger charge is -2.09. The minimum atomic E-state index is 0. The van der Waals surface area contributed by atoms with Crippen molar-refractivity contribution in [3.05, 3.63) is 22.4 Å². The largest absolute Gasteiger partial charge is 0.355 e. The summed E-state index contributed by atoms with van der Waals surface area (Å²) in [5, 5.41) is 8.29. The van der Waals surface area contributed by atoms with Crippen LogP contribution in [-0.2, 0) is 11.2 Å². The fourth-order valence-electron chi connectivity index (χ4n) is 1.78. The van der Waals surface area contributed by atoms with E-state index in [0.717, 1.165) is 24.5 Å². The van der Waals surface area contributed by atoms with Crippen molar-refractivity contribution in [1.82, 2.24) is 10.6 Å². The third kappa shape index (κ3) is 4.12. The predicted molar refractivity (Wildman–Crippen MR) is 69.3 cm³/mol. The number of carbonyl (C=O) groups excluding carboxylic acids is 1. The van der Waals surface area contributed by atoms with Gasteiger partial charge >= 0.3 is 0 Å². The van der Waals surface area contributed by atoms with E-state index in [1.165, 1.54) is 6.42 Å². The van der Waals surface area contributed by atoms with Crippen LogP contribution in [0.25, 0.3) is 0 Å². The van der Waals surface area contributed by atoms with Gasteiger partial charge in [0, 0.05) is 11.4 Å². The lowest BCUT2D eigenvalue weighted by molar-refractivity contribution is -0.120. The molecule has 2 rings (SSSR count). The Labute approximate surface area is 106 Å². The van der Waals surface area contributed by atoms with E-state index in [1.807, 2.05) is 17.5 Å². The summed E-state index contributed by atoms with van der Waals surface area (Å²) in [5.74, 6) is 0.765. The van der Waals surface area contributed by atoms with Crippen LogP contribution in [0.1, 0.15) is 11.3 Å². The highest BCUT2D eigenvalue weighted by molar-refractivity contribution is 7.10. The van der Waals surface area contributed by atoms with Gasteiger partial charge in [0.2, 0.25) is 5.91 Å². The fourth-order valence-corrected chi connectivity index (χ4v) is 2.48. The fraction of sp³-hybridized carbons (Fsp3) is 0.545. The van der Waals surface area contributed by atoms with Gasteiger partial charge in [-0.15, -0.1) is 23.7 Å². The number of amides is 1. The second-order valence-electron chi connectivity index (χ2n) is 3.92. The highest BCUT2D eigenvalue weighted by atomic mass is 35.5. The number of hydrogen-bond donors (Lipinski definition) is 2. The van der Waals surface area contributed by atoms with E-state index in [-0.39, 0.29) is 18.3 Å². The molecule has 3 nitrogen and oxygen atoms in total. The summed E-state index contributed by atoms with van der Waals surface area (Å²) in [4.78, 5) is 12.7. The first kappa shape index (κ1) is 13.5. The SMILES string of the molecule is Cl.O=C(Cc1cccs1)NCC1CCNC1. The zero-order chi connectivity index (χ0) is 10.5. The highest BCUT2D eigenvalue weighted by Crippen LogP contribution is 2.09. The zero-order valence-corrected chi connectivity index (χ0v) is 10.7. The molecule has 1 fully saturated rings. The maximum absolute atomic E-state index is 11.5. The molecule has 1 aromatic heterocycles. The first-order valence-electron chi connectivity index (χ1n) is 5.34. The Morgan fingerprint density at radius 1 is 1.62 bits per heavy atom. The molecule has 5 heteroatoms. The van der Waals surface area contributed by atoms with Crippen LogP contribution in [0.3, 0.4) is 0 Å². The number of halogens is 1. The van der Waals surface area contributed by atoms with Gasteiger partial charge < -0.3 is 10.6 Å². The van der Waals surface area contributed by atoms with Crippen LogP contribution in [0.15, 0.2) is 17.5 Å². The van der Waals surface area contributed by atoms with Gasteiger partial charge in [0.15, 0.2) is 0 Å². The van der Waals surface area contributed by atoms with Crippen molar-refractivity contribution in [3.63, 3.8) is 0 Å². The van der Waals surface area contributed by atoms with Crippen LogP contribution in [0.2, 0.25) is 0 Å². The van der Waals surface area contributed by atoms with Crippen molar-refractivity contribution in [2.24, 2.45) is 5.92 Å². The Morgan fingerprint density at radius 2 is 2.50 bits per heavy atom. The summed E-state index contributed by atoms with van der Waals surface area (Å²) in [6, 6.07) is 3.98. The summed E-state index contributed by atoms with van der Waals surface area (Å²) in [6.45, 7) is 2.95. The number of carbonyl (C=O) groups is 1. The van der Waals surface area contributed by atoms with E-state index < -0.39 is 0 Å². The lowest BCUT2D eigenvalue weighted by atomic mass is 10.1. The van der Waals surface area contributed by atoms with Gasteiger partial charge in [-0.05, 0) is 36.9 Å². The summed E-state index contributed by atoms with van der Waals surface area (Å²) in [5.41, 5.74) is 0. The minimum Gasteiger partial charge on any atom is -0.355 e. The van der Waals surface area contributed by atoms with Crippen LogP contribution < -0.4 is 10.6 Å². The number of rotatable bonds is 4. The van der Waals surface area contributed by atoms with Crippen molar-refractivity contribution in [1.29, 1.82) is 0 Å². The molecule has 0 bridgehead atoms. The van der Waals surface area contributed by atoms with E-state index in [9.17, 15) is 4.79 Å². The molecule has 0 aliphatic carbocycles. The third-order valence-electron chi connectivity index (χ3n) is 2.67. The molecule has 0 radical (unpaired) electrons. The average molecular weight is 261 g/mol.